The van der Waals surface area contributed by atoms with Gasteiger partial charge in [0.05, 0.1) is 5.52 Å². The molecule has 0 aliphatic carbocycles. The molecule has 0 saturated heterocycles. The lowest BCUT2D eigenvalue weighted by Gasteiger charge is -2.31. The van der Waals surface area contributed by atoms with Crippen LogP contribution in [0, 0.1) is 5.92 Å². The zero-order valence-corrected chi connectivity index (χ0v) is 11.6. The Bertz CT molecular complexity index is 596. The molecule has 1 aromatic carbocycles. The van der Waals surface area contributed by atoms with Gasteiger partial charge in [-0.25, -0.2) is 4.79 Å². The van der Waals surface area contributed by atoms with E-state index in [2.05, 4.69) is 16.8 Å². The summed E-state index contributed by atoms with van der Waals surface area (Å²) in [5.41, 5.74) is 8.35. The molecule has 104 valence electrons. The quantitative estimate of drug-likeness (QED) is 0.861. The number of nitrogens with zero attached hydrogens (tertiary/aromatic N) is 1. The van der Waals surface area contributed by atoms with E-state index in [1.165, 1.54) is 0 Å². The van der Waals surface area contributed by atoms with E-state index in [1.807, 2.05) is 32.3 Å². The Morgan fingerprint density at radius 3 is 2.74 bits per heavy atom. The van der Waals surface area contributed by atoms with Crippen molar-refractivity contribution in [3.05, 3.63) is 34.3 Å². The Morgan fingerprint density at radius 2 is 2.16 bits per heavy atom. The first-order chi connectivity index (χ1) is 9.06. The number of hydrogen-bond acceptors (Lipinski definition) is 4. The summed E-state index contributed by atoms with van der Waals surface area (Å²) in [6, 6.07) is 6.05. The molecule has 0 saturated carbocycles. The molecule has 0 aliphatic heterocycles. The molecule has 0 radical (unpaired) electrons. The summed E-state index contributed by atoms with van der Waals surface area (Å²) in [5, 5.41) is 0. The highest BCUT2D eigenvalue weighted by Crippen LogP contribution is 2.30. The average Bonchev–Trinajstić information content (AvgIpc) is 2.74. The maximum atomic E-state index is 11.2. The van der Waals surface area contributed by atoms with Gasteiger partial charge in [0.15, 0.2) is 5.58 Å². The van der Waals surface area contributed by atoms with Crippen LogP contribution in [0.1, 0.15) is 24.9 Å². The van der Waals surface area contributed by atoms with Crippen LogP contribution in [-0.4, -0.2) is 30.5 Å². The van der Waals surface area contributed by atoms with E-state index < -0.39 is 5.76 Å². The van der Waals surface area contributed by atoms with Gasteiger partial charge in [0.1, 0.15) is 0 Å². The van der Waals surface area contributed by atoms with E-state index in [9.17, 15) is 4.79 Å². The molecule has 0 amide bonds. The minimum atomic E-state index is -0.417. The number of hydrogen-bond donors (Lipinski definition) is 2. The van der Waals surface area contributed by atoms with E-state index in [1.54, 1.807) is 0 Å². The van der Waals surface area contributed by atoms with Crippen LogP contribution in [0.2, 0.25) is 0 Å². The highest BCUT2D eigenvalue weighted by atomic mass is 16.4. The number of rotatable bonds is 5. The van der Waals surface area contributed by atoms with E-state index >= 15 is 0 Å². The molecule has 0 spiro atoms. The van der Waals surface area contributed by atoms with Gasteiger partial charge in [0, 0.05) is 6.04 Å². The number of aromatic nitrogens is 1. The zero-order chi connectivity index (χ0) is 14.0. The van der Waals surface area contributed by atoms with Crippen molar-refractivity contribution in [2.24, 2.45) is 11.7 Å². The van der Waals surface area contributed by atoms with Gasteiger partial charge < -0.3 is 15.1 Å². The molecule has 3 N–H and O–H groups in total. The van der Waals surface area contributed by atoms with Crippen LogP contribution in [0.5, 0.6) is 0 Å². The molecule has 5 nitrogen and oxygen atoms in total. The topological polar surface area (TPSA) is 75.3 Å². The van der Waals surface area contributed by atoms with Crippen molar-refractivity contribution in [1.82, 2.24) is 9.88 Å². The molecule has 2 rings (SSSR count). The van der Waals surface area contributed by atoms with Crippen LogP contribution in [0.3, 0.4) is 0 Å². The highest BCUT2D eigenvalue weighted by molar-refractivity contribution is 5.72. The second kappa shape index (κ2) is 5.59. The van der Waals surface area contributed by atoms with Crippen LogP contribution >= 0.6 is 0 Å². The third-order valence-electron chi connectivity index (χ3n) is 3.61. The molecule has 5 heteroatoms. The fraction of sp³-hybridized carbons (Fsp3) is 0.500. The number of fused-ring (bicyclic) bond motifs is 1. The lowest BCUT2D eigenvalue weighted by molar-refractivity contribution is 0.211. The van der Waals surface area contributed by atoms with Crippen molar-refractivity contribution in [1.29, 1.82) is 0 Å². The third-order valence-corrected chi connectivity index (χ3v) is 3.61. The summed E-state index contributed by atoms with van der Waals surface area (Å²) in [6.45, 7) is 2.78. The maximum Gasteiger partial charge on any atom is 0.417 e. The molecule has 19 heavy (non-hydrogen) atoms. The molecular formula is C14H21N3O2. The minimum Gasteiger partial charge on any atom is -0.408 e. The fourth-order valence-electron chi connectivity index (χ4n) is 2.66. The standard InChI is InChI=1S/C14H21N3O2/c1-4-9(8-15)13(17(2)3)10-5-6-12-11(7-10)16-14(18)19-12/h5-7,9,13H,4,8,15H2,1-3H3,(H,16,18). The SMILES string of the molecule is CCC(CN)C(c1ccc2oc(=O)[nH]c2c1)N(C)C. The second-order valence-electron chi connectivity index (χ2n) is 5.08. The van der Waals surface area contributed by atoms with Crippen molar-refractivity contribution >= 4 is 11.1 Å². The van der Waals surface area contributed by atoms with Gasteiger partial charge in [-0.3, -0.25) is 4.98 Å². The van der Waals surface area contributed by atoms with Crippen LogP contribution in [0.15, 0.2) is 27.4 Å². The van der Waals surface area contributed by atoms with E-state index in [-0.39, 0.29) is 6.04 Å². The average molecular weight is 263 g/mol. The molecule has 1 heterocycles. The monoisotopic (exact) mass is 263 g/mol. The van der Waals surface area contributed by atoms with Crippen LogP contribution in [0.25, 0.3) is 11.1 Å². The second-order valence-corrected chi connectivity index (χ2v) is 5.08. The number of nitrogens with one attached hydrogen (secondary N) is 1. The highest BCUT2D eigenvalue weighted by Gasteiger charge is 2.23. The number of oxazole rings is 1. The molecule has 2 unspecified atom stereocenters. The van der Waals surface area contributed by atoms with Crippen molar-refractivity contribution < 1.29 is 4.42 Å². The smallest absolute Gasteiger partial charge is 0.408 e. The molecule has 2 atom stereocenters. The van der Waals surface area contributed by atoms with Crippen molar-refractivity contribution in [3.63, 3.8) is 0 Å². The van der Waals surface area contributed by atoms with Gasteiger partial charge in [0.2, 0.25) is 0 Å². The Hall–Kier alpha value is -1.59. The van der Waals surface area contributed by atoms with E-state index in [4.69, 9.17) is 10.2 Å². The van der Waals surface area contributed by atoms with Gasteiger partial charge in [-0.05, 0) is 44.3 Å². The first kappa shape index (κ1) is 13.8. The maximum absolute atomic E-state index is 11.2. The molecule has 0 aliphatic rings. The first-order valence-electron chi connectivity index (χ1n) is 6.56. The summed E-state index contributed by atoms with van der Waals surface area (Å²) in [4.78, 5) is 16.1. The van der Waals surface area contributed by atoms with E-state index in [0.717, 1.165) is 17.5 Å². The van der Waals surface area contributed by atoms with Gasteiger partial charge >= 0.3 is 5.76 Å². The van der Waals surface area contributed by atoms with Crippen molar-refractivity contribution in [2.75, 3.05) is 20.6 Å². The summed E-state index contributed by atoms with van der Waals surface area (Å²) in [7, 11) is 4.09. The molecule has 0 fully saturated rings. The molecule has 0 bridgehead atoms. The molecular weight excluding hydrogens is 242 g/mol. The molecule has 1 aromatic heterocycles. The zero-order valence-electron chi connectivity index (χ0n) is 11.6. The third kappa shape index (κ3) is 2.72. The lowest BCUT2D eigenvalue weighted by atomic mass is 9.90. The Labute approximate surface area is 112 Å². The predicted octanol–water partition coefficient (Wildman–Crippen LogP) is 1.71. The van der Waals surface area contributed by atoms with Gasteiger partial charge in [-0.15, -0.1) is 0 Å². The van der Waals surface area contributed by atoms with Gasteiger partial charge in [-0.2, -0.15) is 0 Å². The Balaban J connectivity index is 2.46. The summed E-state index contributed by atoms with van der Waals surface area (Å²) >= 11 is 0. The summed E-state index contributed by atoms with van der Waals surface area (Å²) in [6.07, 6.45) is 1.01. The number of nitrogens with two attached hydrogens (primary N) is 1. The molecule has 2 aromatic rings. The lowest BCUT2D eigenvalue weighted by Crippen LogP contribution is -2.31. The van der Waals surface area contributed by atoms with E-state index in [0.29, 0.717) is 18.0 Å². The van der Waals surface area contributed by atoms with Crippen molar-refractivity contribution in [3.8, 4) is 0 Å². The number of aromatic amines is 1. The summed E-state index contributed by atoms with van der Waals surface area (Å²) in [5.74, 6) is -0.0366. The fourth-order valence-corrected chi connectivity index (χ4v) is 2.66. The number of benzene rings is 1. The van der Waals surface area contributed by atoms with Crippen LogP contribution in [0.4, 0.5) is 0 Å². The summed E-state index contributed by atoms with van der Waals surface area (Å²) < 4.78 is 5.03. The normalized spacial score (nSPS) is 15.0. The van der Waals surface area contributed by atoms with Crippen molar-refractivity contribution in [2.45, 2.75) is 19.4 Å². The van der Waals surface area contributed by atoms with Gasteiger partial charge in [0.25, 0.3) is 0 Å². The van der Waals surface area contributed by atoms with Gasteiger partial charge in [-0.1, -0.05) is 19.4 Å². The van der Waals surface area contributed by atoms with Crippen LogP contribution in [-0.2, 0) is 0 Å². The number of H-pyrrole nitrogens is 1. The largest absolute Gasteiger partial charge is 0.417 e. The van der Waals surface area contributed by atoms with Crippen LogP contribution < -0.4 is 11.5 Å². The Kier molecular flexibility index (Phi) is 4.07. The predicted molar refractivity (Wildman–Crippen MR) is 76.1 cm³/mol. The minimum absolute atomic E-state index is 0.234. The first-order valence-corrected chi connectivity index (χ1v) is 6.56. The Morgan fingerprint density at radius 1 is 1.42 bits per heavy atom.